The summed E-state index contributed by atoms with van der Waals surface area (Å²) in [4.78, 5) is 24.8. The fourth-order valence-electron chi connectivity index (χ4n) is 3.33. The predicted molar refractivity (Wildman–Crippen MR) is 101 cm³/mol. The van der Waals surface area contributed by atoms with Crippen molar-refractivity contribution in [2.24, 2.45) is 5.92 Å². The molecule has 0 aliphatic carbocycles. The minimum atomic E-state index is -0.588. The van der Waals surface area contributed by atoms with E-state index in [0.717, 1.165) is 35.7 Å². The number of ether oxygens (including phenoxy) is 2. The lowest BCUT2D eigenvalue weighted by molar-refractivity contribution is -0.133. The zero-order valence-corrected chi connectivity index (χ0v) is 16.0. The second-order valence-corrected chi connectivity index (χ2v) is 6.92. The van der Waals surface area contributed by atoms with Crippen LogP contribution in [0.4, 0.5) is 0 Å². The number of carbonyl (C=O) groups excluding carboxylic acids is 2. The Morgan fingerprint density at radius 1 is 0.926 bits per heavy atom. The summed E-state index contributed by atoms with van der Waals surface area (Å²) in [5, 5.41) is 0. The zero-order valence-electron chi connectivity index (χ0n) is 16.0. The van der Waals surface area contributed by atoms with Crippen LogP contribution in [0.5, 0.6) is 11.5 Å². The number of rotatable bonds is 10. The van der Waals surface area contributed by atoms with Crippen molar-refractivity contribution in [3.05, 3.63) is 47.4 Å². The third kappa shape index (κ3) is 4.79. The monoisotopic (exact) mass is 370 g/mol. The van der Waals surface area contributed by atoms with E-state index in [-0.39, 0.29) is 18.4 Å². The lowest BCUT2D eigenvalue weighted by Gasteiger charge is -2.12. The quantitative estimate of drug-likeness (QED) is 0.576. The van der Waals surface area contributed by atoms with Crippen molar-refractivity contribution < 1.29 is 23.5 Å². The summed E-state index contributed by atoms with van der Waals surface area (Å²) in [5.74, 6) is 2.43. The number of hydrogen-bond acceptors (Lipinski definition) is 5. The van der Waals surface area contributed by atoms with Crippen LogP contribution in [0.1, 0.15) is 56.6 Å². The molecule has 0 saturated carbocycles. The van der Waals surface area contributed by atoms with Gasteiger partial charge in [-0.3, -0.25) is 9.59 Å². The first-order chi connectivity index (χ1) is 13.1. The van der Waals surface area contributed by atoms with Crippen LogP contribution < -0.4 is 9.47 Å². The second kappa shape index (κ2) is 8.89. The van der Waals surface area contributed by atoms with Gasteiger partial charge in [-0.25, -0.2) is 0 Å². The van der Waals surface area contributed by atoms with Crippen LogP contribution in [0.3, 0.4) is 0 Å². The van der Waals surface area contributed by atoms with E-state index in [1.54, 1.807) is 0 Å². The molecule has 1 aromatic heterocycles. The number of ketones is 2. The van der Waals surface area contributed by atoms with Gasteiger partial charge in [-0.2, -0.15) is 0 Å². The molecular weight excluding hydrogens is 344 g/mol. The van der Waals surface area contributed by atoms with Gasteiger partial charge in [-0.1, -0.05) is 19.9 Å². The van der Waals surface area contributed by atoms with Gasteiger partial charge in [-0.05, 0) is 42.7 Å². The Morgan fingerprint density at radius 3 is 2.30 bits per heavy atom. The highest BCUT2D eigenvalue weighted by atomic mass is 16.7. The van der Waals surface area contributed by atoms with Gasteiger partial charge in [0, 0.05) is 25.7 Å². The van der Waals surface area contributed by atoms with Crippen LogP contribution in [-0.4, -0.2) is 18.4 Å². The Morgan fingerprint density at radius 2 is 1.59 bits per heavy atom. The van der Waals surface area contributed by atoms with Gasteiger partial charge in [0.1, 0.15) is 23.1 Å². The number of Topliss-reactive ketones (excluding diaryl/α,β-unsaturated/α-hetero) is 2. The molecule has 5 nitrogen and oxygen atoms in total. The maximum absolute atomic E-state index is 12.4. The molecule has 0 unspecified atom stereocenters. The molecule has 0 bridgehead atoms. The third-order valence-electron chi connectivity index (χ3n) is 4.71. The maximum Gasteiger partial charge on any atom is 0.231 e. The summed E-state index contributed by atoms with van der Waals surface area (Å²) >= 11 is 0. The molecule has 1 aliphatic heterocycles. The van der Waals surface area contributed by atoms with Gasteiger partial charge in [0.05, 0.1) is 5.92 Å². The highest BCUT2D eigenvalue weighted by Crippen LogP contribution is 2.33. The molecule has 144 valence electrons. The van der Waals surface area contributed by atoms with E-state index in [9.17, 15) is 9.59 Å². The number of benzene rings is 1. The first-order valence-corrected chi connectivity index (χ1v) is 9.62. The van der Waals surface area contributed by atoms with Crippen LogP contribution in [0, 0.1) is 5.92 Å². The minimum Gasteiger partial charge on any atom is -0.466 e. The summed E-state index contributed by atoms with van der Waals surface area (Å²) in [6, 6.07) is 9.60. The Balaban J connectivity index is 1.68. The molecule has 0 N–H and O–H groups in total. The van der Waals surface area contributed by atoms with Crippen molar-refractivity contribution in [1.82, 2.24) is 0 Å². The molecule has 0 amide bonds. The Labute approximate surface area is 159 Å². The first kappa shape index (κ1) is 19.2. The average molecular weight is 370 g/mol. The van der Waals surface area contributed by atoms with Crippen molar-refractivity contribution in [2.75, 3.05) is 6.79 Å². The average Bonchev–Trinajstić information content (AvgIpc) is 3.28. The van der Waals surface area contributed by atoms with Crippen LogP contribution in [0.15, 0.2) is 34.7 Å². The number of hydrogen-bond donors (Lipinski definition) is 0. The first-order valence-electron chi connectivity index (χ1n) is 9.62. The van der Waals surface area contributed by atoms with Crippen molar-refractivity contribution in [3.8, 4) is 11.5 Å². The van der Waals surface area contributed by atoms with E-state index in [0.29, 0.717) is 31.4 Å². The van der Waals surface area contributed by atoms with E-state index in [1.807, 2.05) is 44.2 Å². The van der Waals surface area contributed by atoms with E-state index >= 15 is 0 Å². The summed E-state index contributed by atoms with van der Waals surface area (Å²) in [7, 11) is 0. The zero-order chi connectivity index (χ0) is 19.2. The molecule has 3 rings (SSSR count). The molecule has 2 heterocycles. The van der Waals surface area contributed by atoms with E-state index in [4.69, 9.17) is 13.9 Å². The minimum absolute atomic E-state index is 0.0182. The van der Waals surface area contributed by atoms with E-state index in [2.05, 4.69) is 0 Å². The smallest absolute Gasteiger partial charge is 0.231 e. The molecule has 0 saturated heterocycles. The van der Waals surface area contributed by atoms with Crippen LogP contribution in [-0.2, 0) is 22.4 Å². The number of carbonyl (C=O) groups is 2. The van der Waals surface area contributed by atoms with Gasteiger partial charge in [-0.15, -0.1) is 0 Å². The van der Waals surface area contributed by atoms with Gasteiger partial charge < -0.3 is 13.9 Å². The normalized spacial score (nSPS) is 12.6. The Hall–Kier alpha value is -2.56. The predicted octanol–water partition coefficient (Wildman–Crippen LogP) is 4.50. The summed E-state index contributed by atoms with van der Waals surface area (Å²) < 4.78 is 16.6. The lowest BCUT2D eigenvalue weighted by Crippen LogP contribution is -2.26. The topological polar surface area (TPSA) is 65.7 Å². The van der Waals surface area contributed by atoms with E-state index < -0.39 is 5.92 Å². The molecule has 0 spiro atoms. The molecular formula is C22H26O5. The largest absolute Gasteiger partial charge is 0.466 e. The summed E-state index contributed by atoms with van der Waals surface area (Å²) in [5.41, 5.74) is 1.06. The highest BCUT2D eigenvalue weighted by molar-refractivity contribution is 6.02. The second-order valence-electron chi connectivity index (χ2n) is 6.92. The molecule has 0 radical (unpaired) electrons. The molecule has 2 aromatic rings. The van der Waals surface area contributed by atoms with Crippen molar-refractivity contribution >= 4 is 11.6 Å². The lowest BCUT2D eigenvalue weighted by atomic mass is 9.89. The molecule has 27 heavy (non-hydrogen) atoms. The fraction of sp³-hybridized carbons (Fsp3) is 0.455. The van der Waals surface area contributed by atoms with Crippen molar-refractivity contribution in [3.63, 3.8) is 0 Å². The maximum atomic E-state index is 12.4. The molecule has 0 atom stereocenters. The SMILES string of the molecule is CCCC(=O)C(Cc1ccc(Cc2ccc3c(c2)OCO3)o1)C(=O)CCC. The standard InChI is InChI=1S/C22H26O5/c1-3-5-19(23)18(20(24)6-4-2)13-17-9-8-16(27-17)11-15-7-10-21-22(12-15)26-14-25-21/h7-10,12,18H,3-6,11,13-14H2,1-2H3. The van der Waals surface area contributed by atoms with Gasteiger partial charge >= 0.3 is 0 Å². The molecule has 0 fully saturated rings. The van der Waals surface area contributed by atoms with Gasteiger partial charge in [0.2, 0.25) is 6.79 Å². The van der Waals surface area contributed by atoms with Crippen molar-refractivity contribution in [1.29, 1.82) is 0 Å². The van der Waals surface area contributed by atoms with E-state index in [1.165, 1.54) is 0 Å². The summed E-state index contributed by atoms with van der Waals surface area (Å²) in [6.45, 7) is 4.16. The number of fused-ring (bicyclic) bond motifs is 1. The van der Waals surface area contributed by atoms with Crippen LogP contribution >= 0.6 is 0 Å². The van der Waals surface area contributed by atoms with Crippen LogP contribution in [0.2, 0.25) is 0 Å². The number of furan rings is 1. The fourth-order valence-corrected chi connectivity index (χ4v) is 3.33. The third-order valence-corrected chi connectivity index (χ3v) is 4.71. The summed E-state index contributed by atoms with van der Waals surface area (Å²) in [6.07, 6.45) is 3.34. The van der Waals surface area contributed by atoms with Gasteiger partial charge in [0.25, 0.3) is 0 Å². The Kier molecular flexibility index (Phi) is 6.32. The van der Waals surface area contributed by atoms with Crippen molar-refractivity contribution in [2.45, 2.75) is 52.4 Å². The molecule has 1 aromatic carbocycles. The highest BCUT2D eigenvalue weighted by Gasteiger charge is 2.26. The Bertz CT molecular complexity index is 787. The molecule has 5 heteroatoms. The van der Waals surface area contributed by atoms with Gasteiger partial charge in [0.15, 0.2) is 11.5 Å². The molecule has 1 aliphatic rings. The van der Waals surface area contributed by atoms with Crippen LogP contribution in [0.25, 0.3) is 0 Å².